The molecule has 4 fully saturated rings. The van der Waals surface area contributed by atoms with Crippen molar-refractivity contribution in [1.29, 1.82) is 0 Å². The molecule has 0 aromatic heterocycles. The maximum Gasteiger partial charge on any atom is 0.0810 e. The van der Waals surface area contributed by atoms with E-state index >= 15 is 0 Å². The molecule has 0 radical (unpaired) electrons. The lowest BCUT2D eigenvalue weighted by Crippen LogP contribution is -2.64. The van der Waals surface area contributed by atoms with E-state index in [4.69, 9.17) is 0 Å². The molecule has 3 N–H and O–H groups in total. The van der Waals surface area contributed by atoms with E-state index in [1.165, 1.54) is 0 Å². The second-order valence-electron chi connectivity index (χ2n) is 10.0. The Morgan fingerprint density at radius 1 is 0.957 bits per heavy atom. The lowest BCUT2D eigenvalue weighted by atomic mass is 9.40. The van der Waals surface area contributed by atoms with E-state index in [2.05, 4.69) is 27.4 Å². The van der Waals surface area contributed by atoms with Gasteiger partial charge in [0, 0.05) is 5.41 Å². The number of rotatable bonds is 0. The van der Waals surface area contributed by atoms with Gasteiger partial charge in [-0.15, -0.1) is 0 Å². The van der Waals surface area contributed by atoms with Crippen LogP contribution in [0.3, 0.4) is 0 Å². The highest BCUT2D eigenvalue weighted by atomic mass is 16.3. The summed E-state index contributed by atoms with van der Waals surface area (Å²) in [7, 11) is 0. The second-order valence-corrected chi connectivity index (χ2v) is 10.0. The van der Waals surface area contributed by atoms with Crippen molar-refractivity contribution in [3.05, 3.63) is 12.2 Å². The van der Waals surface area contributed by atoms with Crippen LogP contribution in [0.4, 0.5) is 0 Å². The molecule has 23 heavy (non-hydrogen) atoms. The zero-order valence-electron chi connectivity index (χ0n) is 14.8. The van der Waals surface area contributed by atoms with E-state index in [-0.39, 0.29) is 28.3 Å². The summed E-state index contributed by atoms with van der Waals surface area (Å²) in [6, 6.07) is 0. The summed E-state index contributed by atoms with van der Waals surface area (Å²) in [4.78, 5) is 0. The average molecular weight is 320 g/mol. The standard InChI is InChI=1S/C20H32O3/c1-11-12-5-6-15-19(4)9-13(21)8-18(2,3)16(19)14(22)10-20(15,7-12)17(11)23/h12-17,21-23H,1,5-10H2,2-4H3/t12?,13?,14?,15-,16+,17?,19+,20+/m1/s1. The van der Waals surface area contributed by atoms with Gasteiger partial charge in [0.25, 0.3) is 0 Å². The molecule has 3 nitrogen and oxygen atoms in total. The Morgan fingerprint density at radius 3 is 2.35 bits per heavy atom. The highest BCUT2D eigenvalue weighted by molar-refractivity contribution is 5.28. The maximum absolute atomic E-state index is 11.1. The minimum atomic E-state index is -0.477. The predicted octanol–water partition coefficient (Wildman–Crippen LogP) is 2.89. The first kappa shape index (κ1) is 16.1. The van der Waals surface area contributed by atoms with Gasteiger partial charge in [-0.05, 0) is 72.7 Å². The summed E-state index contributed by atoms with van der Waals surface area (Å²) in [5, 5.41) is 32.7. The van der Waals surface area contributed by atoms with Crippen molar-refractivity contribution >= 4 is 0 Å². The summed E-state index contributed by atoms with van der Waals surface area (Å²) < 4.78 is 0. The van der Waals surface area contributed by atoms with Crippen LogP contribution in [0.5, 0.6) is 0 Å². The Morgan fingerprint density at radius 2 is 1.65 bits per heavy atom. The fraction of sp³-hybridized carbons (Fsp3) is 0.900. The van der Waals surface area contributed by atoms with Gasteiger partial charge >= 0.3 is 0 Å². The van der Waals surface area contributed by atoms with Gasteiger partial charge in [-0.2, -0.15) is 0 Å². The Kier molecular flexibility index (Phi) is 3.23. The molecule has 0 aromatic carbocycles. The van der Waals surface area contributed by atoms with Crippen molar-refractivity contribution in [2.24, 2.45) is 34.0 Å². The monoisotopic (exact) mass is 320 g/mol. The first-order valence-corrected chi connectivity index (χ1v) is 9.35. The molecular weight excluding hydrogens is 288 g/mol. The Hall–Kier alpha value is -0.380. The van der Waals surface area contributed by atoms with Gasteiger partial charge in [-0.25, -0.2) is 0 Å². The summed E-state index contributed by atoms with van der Waals surface area (Å²) in [5.41, 5.74) is 0.621. The summed E-state index contributed by atoms with van der Waals surface area (Å²) in [6.45, 7) is 10.9. The predicted molar refractivity (Wildman–Crippen MR) is 89.7 cm³/mol. The highest BCUT2D eigenvalue weighted by Gasteiger charge is 2.69. The zero-order valence-corrected chi connectivity index (χ0v) is 14.8. The van der Waals surface area contributed by atoms with Gasteiger partial charge in [0.1, 0.15) is 0 Å². The number of aliphatic hydroxyl groups is 3. The van der Waals surface area contributed by atoms with Crippen LogP contribution in [0.2, 0.25) is 0 Å². The lowest BCUT2D eigenvalue weighted by molar-refractivity contribution is -0.229. The van der Waals surface area contributed by atoms with E-state index in [0.29, 0.717) is 18.3 Å². The quantitative estimate of drug-likeness (QED) is 0.602. The van der Waals surface area contributed by atoms with Crippen molar-refractivity contribution in [1.82, 2.24) is 0 Å². The van der Waals surface area contributed by atoms with E-state index in [9.17, 15) is 15.3 Å². The molecule has 3 heteroatoms. The lowest BCUT2D eigenvalue weighted by Gasteiger charge is -2.66. The van der Waals surface area contributed by atoms with E-state index in [0.717, 1.165) is 37.7 Å². The van der Waals surface area contributed by atoms with Crippen molar-refractivity contribution in [2.45, 2.75) is 77.6 Å². The van der Waals surface area contributed by atoms with Gasteiger partial charge in [-0.3, -0.25) is 0 Å². The van der Waals surface area contributed by atoms with E-state index in [1.807, 2.05) is 0 Å². The highest BCUT2D eigenvalue weighted by Crippen LogP contribution is 2.71. The van der Waals surface area contributed by atoms with Gasteiger partial charge in [0.2, 0.25) is 0 Å². The third-order valence-corrected chi connectivity index (χ3v) is 8.30. The van der Waals surface area contributed by atoms with Crippen molar-refractivity contribution < 1.29 is 15.3 Å². The van der Waals surface area contributed by atoms with Crippen molar-refractivity contribution in [3.63, 3.8) is 0 Å². The van der Waals surface area contributed by atoms with Gasteiger partial charge in [-0.1, -0.05) is 27.4 Å². The maximum atomic E-state index is 11.1. The average Bonchev–Trinajstić information content (AvgIpc) is 2.57. The van der Waals surface area contributed by atoms with Crippen LogP contribution in [-0.4, -0.2) is 33.6 Å². The molecule has 0 saturated heterocycles. The molecule has 0 aromatic rings. The van der Waals surface area contributed by atoms with Crippen molar-refractivity contribution in [3.8, 4) is 0 Å². The summed E-state index contributed by atoms with van der Waals surface area (Å²) in [5.74, 6) is 1.00. The molecule has 0 amide bonds. The molecule has 4 rings (SSSR count). The first-order valence-electron chi connectivity index (χ1n) is 9.35. The normalized spacial score (nSPS) is 57.7. The molecular formula is C20H32O3. The van der Waals surface area contributed by atoms with Crippen molar-refractivity contribution in [2.75, 3.05) is 0 Å². The molecule has 8 atom stereocenters. The minimum Gasteiger partial charge on any atom is -0.393 e. The second kappa shape index (κ2) is 4.62. The molecule has 4 unspecified atom stereocenters. The Bertz CT molecular complexity index is 541. The van der Waals surface area contributed by atoms with Crippen LogP contribution in [0.25, 0.3) is 0 Å². The van der Waals surface area contributed by atoms with Crippen LogP contribution in [0.15, 0.2) is 12.2 Å². The topological polar surface area (TPSA) is 60.7 Å². The third-order valence-electron chi connectivity index (χ3n) is 8.30. The summed E-state index contributed by atoms with van der Waals surface area (Å²) >= 11 is 0. The van der Waals surface area contributed by atoms with E-state index < -0.39 is 12.2 Å². The van der Waals surface area contributed by atoms with Crippen LogP contribution < -0.4 is 0 Å². The van der Waals surface area contributed by atoms with E-state index in [1.54, 1.807) is 0 Å². The van der Waals surface area contributed by atoms with Crippen LogP contribution in [0.1, 0.15) is 59.3 Å². The molecule has 4 saturated carbocycles. The van der Waals surface area contributed by atoms with Crippen LogP contribution >= 0.6 is 0 Å². The van der Waals surface area contributed by atoms with Crippen LogP contribution in [-0.2, 0) is 0 Å². The molecule has 0 aliphatic heterocycles. The smallest absolute Gasteiger partial charge is 0.0810 e. The van der Waals surface area contributed by atoms with Crippen LogP contribution in [0, 0.1) is 34.0 Å². The number of hydrogen-bond donors (Lipinski definition) is 3. The largest absolute Gasteiger partial charge is 0.393 e. The van der Waals surface area contributed by atoms with Gasteiger partial charge < -0.3 is 15.3 Å². The van der Waals surface area contributed by atoms with Gasteiger partial charge in [0.15, 0.2) is 0 Å². The number of hydrogen-bond acceptors (Lipinski definition) is 3. The summed E-state index contributed by atoms with van der Waals surface area (Å²) in [6.07, 6.45) is 4.25. The fourth-order valence-corrected chi connectivity index (χ4v) is 8.05. The molecule has 4 aliphatic carbocycles. The molecule has 0 heterocycles. The number of aliphatic hydroxyl groups excluding tert-OH is 3. The molecule has 2 bridgehead atoms. The SMILES string of the molecule is C=C1C2CC[C@H]3[C@](C2)(CC(O)[C@H]2C(C)(C)CC(O)C[C@]23C)C1O. The number of fused-ring (bicyclic) bond motifs is 3. The molecule has 1 spiro atoms. The van der Waals surface area contributed by atoms with Gasteiger partial charge in [0.05, 0.1) is 18.3 Å². The zero-order chi connectivity index (χ0) is 16.8. The third kappa shape index (κ3) is 1.88. The first-order chi connectivity index (χ1) is 10.6. The minimum absolute atomic E-state index is 0.0646. The fourth-order valence-electron chi connectivity index (χ4n) is 8.05. The molecule has 4 aliphatic rings. The Labute approximate surface area is 139 Å². The molecule has 130 valence electrons. The Balaban J connectivity index is 1.83.